The third-order valence-corrected chi connectivity index (χ3v) is 1.69. The zero-order chi connectivity index (χ0) is 6.97. The molecule has 0 aliphatic carbocycles. The van der Waals surface area contributed by atoms with Gasteiger partial charge in [0.05, 0.1) is 11.7 Å². The summed E-state index contributed by atoms with van der Waals surface area (Å²) in [5, 5.41) is 8.06. The number of para-hydroxylation sites is 1. The maximum absolute atomic E-state index is 3.94. The predicted octanol–water partition coefficient (Wildman–Crippen LogP) is -0.179. The first-order valence-corrected chi connectivity index (χ1v) is 3.26. The van der Waals surface area contributed by atoms with E-state index in [9.17, 15) is 0 Å². The van der Waals surface area contributed by atoms with Crippen LogP contribution in [0, 0.1) is 0 Å². The van der Waals surface area contributed by atoms with Gasteiger partial charge in [0.15, 0.2) is 0 Å². The number of aromatic amines is 1. The molecule has 0 amide bonds. The van der Waals surface area contributed by atoms with Gasteiger partial charge < -0.3 is 0 Å². The van der Waals surface area contributed by atoms with E-state index in [-0.39, 0.29) is 0 Å². The first kappa shape index (κ1) is 5.53. The van der Waals surface area contributed by atoms with Crippen molar-refractivity contribution in [3.05, 3.63) is 24.4 Å². The molecule has 10 heavy (non-hydrogen) atoms. The molecule has 1 aromatic heterocycles. The summed E-state index contributed by atoms with van der Waals surface area (Å²) in [4.78, 5) is 0. The molecule has 0 bridgehead atoms. The quantitative estimate of drug-likeness (QED) is 0.492. The van der Waals surface area contributed by atoms with Gasteiger partial charge in [-0.15, -0.1) is 0 Å². The van der Waals surface area contributed by atoms with Gasteiger partial charge in [-0.1, -0.05) is 23.7 Å². The SMILES string of the molecule is Bc1cccc2cn[nH]c12. The second kappa shape index (κ2) is 1.87. The number of fused-ring (bicyclic) bond motifs is 1. The summed E-state index contributed by atoms with van der Waals surface area (Å²) in [5.74, 6) is 0. The predicted molar refractivity (Wildman–Crippen MR) is 44.3 cm³/mol. The van der Waals surface area contributed by atoms with Crippen LogP contribution in [0.5, 0.6) is 0 Å². The monoisotopic (exact) mass is 130 g/mol. The fourth-order valence-electron chi connectivity index (χ4n) is 1.12. The van der Waals surface area contributed by atoms with E-state index < -0.39 is 0 Å². The van der Waals surface area contributed by atoms with E-state index in [1.807, 2.05) is 18.3 Å². The second-order valence-electron chi connectivity index (χ2n) is 2.41. The second-order valence-corrected chi connectivity index (χ2v) is 2.41. The van der Waals surface area contributed by atoms with E-state index in [1.165, 1.54) is 10.8 Å². The van der Waals surface area contributed by atoms with Crippen LogP contribution in [-0.4, -0.2) is 18.0 Å². The average Bonchev–Trinajstić information content (AvgIpc) is 2.36. The third kappa shape index (κ3) is 0.636. The van der Waals surface area contributed by atoms with Gasteiger partial charge in [0.2, 0.25) is 0 Å². The molecule has 0 aliphatic rings. The highest BCUT2D eigenvalue weighted by molar-refractivity contribution is 6.38. The van der Waals surface area contributed by atoms with Crippen molar-refractivity contribution in [3.63, 3.8) is 0 Å². The lowest BCUT2D eigenvalue weighted by atomic mass is 9.94. The Bertz CT molecular complexity index is 353. The summed E-state index contributed by atoms with van der Waals surface area (Å²) < 4.78 is 0. The summed E-state index contributed by atoms with van der Waals surface area (Å²) in [6.07, 6.45) is 1.84. The van der Waals surface area contributed by atoms with Gasteiger partial charge in [-0.3, -0.25) is 5.10 Å². The average molecular weight is 130 g/mol. The van der Waals surface area contributed by atoms with Crippen LogP contribution < -0.4 is 5.46 Å². The molecule has 0 unspecified atom stereocenters. The summed E-state index contributed by atoms with van der Waals surface area (Å²) in [6.45, 7) is 0. The Morgan fingerprint density at radius 1 is 1.40 bits per heavy atom. The fraction of sp³-hybridized carbons (Fsp3) is 0. The molecule has 48 valence electrons. The van der Waals surface area contributed by atoms with E-state index >= 15 is 0 Å². The summed E-state index contributed by atoms with van der Waals surface area (Å²) >= 11 is 0. The largest absolute Gasteiger partial charge is 0.278 e. The van der Waals surface area contributed by atoms with Crippen LogP contribution in [0.3, 0.4) is 0 Å². The van der Waals surface area contributed by atoms with Crippen molar-refractivity contribution >= 4 is 24.2 Å². The number of aromatic nitrogens is 2. The molecule has 0 atom stereocenters. The number of hydrogen-bond acceptors (Lipinski definition) is 1. The van der Waals surface area contributed by atoms with E-state index in [0.717, 1.165) is 5.52 Å². The highest BCUT2D eigenvalue weighted by Gasteiger charge is 1.94. The van der Waals surface area contributed by atoms with E-state index in [1.54, 1.807) is 0 Å². The van der Waals surface area contributed by atoms with Crippen LogP contribution in [0.1, 0.15) is 0 Å². The van der Waals surface area contributed by atoms with Gasteiger partial charge in [-0.2, -0.15) is 5.10 Å². The number of nitrogens with one attached hydrogen (secondary N) is 1. The van der Waals surface area contributed by atoms with Crippen LogP contribution in [-0.2, 0) is 0 Å². The maximum Gasteiger partial charge on any atom is 0.142 e. The Morgan fingerprint density at radius 3 is 3.10 bits per heavy atom. The smallest absolute Gasteiger partial charge is 0.142 e. The first-order valence-electron chi connectivity index (χ1n) is 3.26. The Labute approximate surface area is 59.7 Å². The fourth-order valence-corrected chi connectivity index (χ4v) is 1.12. The van der Waals surface area contributed by atoms with Crippen LogP contribution in [0.4, 0.5) is 0 Å². The van der Waals surface area contributed by atoms with E-state index in [2.05, 4.69) is 24.1 Å². The molecule has 2 nitrogen and oxygen atoms in total. The van der Waals surface area contributed by atoms with Crippen molar-refractivity contribution in [2.75, 3.05) is 0 Å². The molecular weight excluding hydrogens is 123 g/mol. The normalized spacial score (nSPS) is 10.4. The van der Waals surface area contributed by atoms with Crippen LogP contribution >= 0.6 is 0 Å². The Hall–Kier alpha value is -1.25. The molecule has 0 aliphatic heterocycles. The number of nitrogens with zero attached hydrogens (tertiary/aromatic N) is 1. The van der Waals surface area contributed by atoms with Crippen molar-refractivity contribution in [2.45, 2.75) is 0 Å². The molecule has 1 heterocycles. The van der Waals surface area contributed by atoms with Gasteiger partial charge in [0.25, 0.3) is 0 Å². The number of rotatable bonds is 0. The number of hydrogen-bond donors (Lipinski definition) is 1. The van der Waals surface area contributed by atoms with Gasteiger partial charge in [0.1, 0.15) is 7.85 Å². The molecule has 2 rings (SSSR count). The minimum Gasteiger partial charge on any atom is -0.278 e. The molecule has 0 radical (unpaired) electrons. The highest BCUT2D eigenvalue weighted by Crippen LogP contribution is 2.04. The zero-order valence-electron chi connectivity index (χ0n) is 5.76. The van der Waals surface area contributed by atoms with Gasteiger partial charge in [0, 0.05) is 5.39 Å². The lowest BCUT2D eigenvalue weighted by Gasteiger charge is -1.91. The molecule has 1 N–H and O–H groups in total. The van der Waals surface area contributed by atoms with Crippen molar-refractivity contribution < 1.29 is 0 Å². The van der Waals surface area contributed by atoms with E-state index in [4.69, 9.17) is 0 Å². The molecule has 0 saturated heterocycles. The Kier molecular flexibility index (Phi) is 1.03. The minimum absolute atomic E-state index is 1.14. The first-order chi connectivity index (χ1) is 4.88. The molecule has 0 fully saturated rings. The maximum atomic E-state index is 3.94. The standard InChI is InChI=1S/C7H7BN2/c8-6-3-1-2-5-4-9-10-7(5)6/h1-4H,8H2,(H,9,10). The molecular formula is C7H7BN2. The van der Waals surface area contributed by atoms with Crippen molar-refractivity contribution in [2.24, 2.45) is 0 Å². The Balaban J connectivity index is 2.95. The molecule has 1 aromatic carbocycles. The highest BCUT2D eigenvalue weighted by atomic mass is 15.1. The lowest BCUT2D eigenvalue weighted by molar-refractivity contribution is 1.12. The lowest BCUT2D eigenvalue weighted by Crippen LogP contribution is -2.02. The van der Waals surface area contributed by atoms with Crippen molar-refractivity contribution in [1.29, 1.82) is 0 Å². The van der Waals surface area contributed by atoms with Gasteiger partial charge in [-0.05, 0) is 0 Å². The van der Waals surface area contributed by atoms with E-state index in [0.29, 0.717) is 0 Å². The van der Waals surface area contributed by atoms with Crippen LogP contribution in [0.2, 0.25) is 0 Å². The third-order valence-electron chi connectivity index (χ3n) is 1.69. The van der Waals surface area contributed by atoms with Gasteiger partial charge >= 0.3 is 0 Å². The van der Waals surface area contributed by atoms with Crippen LogP contribution in [0.25, 0.3) is 10.9 Å². The number of H-pyrrole nitrogens is 1. The topological polar surface area (TPSA) is 28.7 Å². The molecule has 0 spiro atoms. The summed E-state index contributed by atoms with van der Waals surface area (Å²) in [6, 6.07) is 6.15. The summed E-state index contributed by atoms with van der Waals surface area (Å²) in [5.41, 5.74) is 2.39. The molecule has 0 saturated carbocycles. The van der Waals surface area contributed by atoms with Crippen molar-refractivity contribution in [3.8, 4) is 0 Å². The van der Waals surface area contributed by atoms with Crippen LogP contribution in [0.15, 0.2) is 24.4 Å². The minimum atomic E-state index is 1.14. The molecule has 3 heteroatoms. The van der Waals surface area contributed by atoms with Crippen molar-refractivity contribution in [1.82, 2.24) is 10.2 Å². The summed E-state index contributed by atoms with van der Waals surface area (Å²) in [7, 11) is 2.07. The number of benzene rings is 1. The Morgan fingerprint density at radius 2 is 2.30 bits per heavy atom. The molecule has 2 aromatic rings. The zero-order valence-corrected chi connectivity index (χ0v) is 5.76. The van der Waals surface area contributed by atoms with Gasteiger partial charge in [-0.25, -0.2) is 0 Å².